The van der Waals surface area contributed by atoms with Gasteiger partial charge in [-0.1, -0.05) is 0 Å². The number of benzene rings is 1. The van der Waals surface area contributed by atoms with Gasteiger partial charge in [0.2, 0.25) is 0 Å². The first kappa shape index (κ1) is 14.0. The number of alkyl halides is 3. The fraction of sp³-hybridized carbons (Fsp3) is 0.333. The van der Waals surface area contributed by atoms with E-state index in [0.29, 0.717) is 11.3 Å². The summed E-state index contributed by atoms with van der Waals surface area (Å²) in [4.78, 5) is 0.108. The van der Waals surface area contributed by atoms with Gasteiger partial charge < -0.3 is 0 Å². The van der Waals surface area contributed by atoms with Crippen LogP contribution in [-0.4, -0.2) is 29.4 Å². The third-order valence-corrected chi connectivity index (χ3v) is 5.73. The van der Waals surface area contributed by atoms with E-state index in [2.05, 4.69) is 9.19 Å². The van der Waals surface area contributed by atoms with Crippen LogP contribution < -0.4 is 4.74 Å². The van der Waals surface area contributed by atoms with Crippen LogP contribution in [0.1, 0.15) is 18.3 Å². The molecule has 1 aromatic carbocycles. The van der Waals surface area contributed by atoms with Crippen molar-refractivity contribution >= 4 is 26.5 Å². The number of halogens is 3. The van der Waals surface area contributed by atoms with Crippen LogP contribution in [0.25, 0.3) is 11.3 Å². The van der Waals surface area contributed by atoms with Gasteiger partial charge in [-0.05, 0) is 0 Å². The first-order valence-corrected chi connectivity index (χ1v) is 8.12. The number of hydrogen-bond donors (Lipinski definition) is 0. The minimum absolute atomic E-state index is 0.101. The Morgan fingerprint density at radius 3 is 2.75 bits per heavy atom. The molecule has 0 amide bonds. The molecule has 0 saturated heterocycles. The quantitative estimate of drug-likeness (QED) is 0.573. The molecular weight excluding hydrogens is 356 g/mol. The standard InChI is InChI=1S/C12H9F3N2OSSe/c1-11(2)10-9(16-17-20-10)7-4-3-6(5-8(7)18-11)19-12(13,14)15/h3-5H,1-2H3. The molecule has 2 aromatic rings. The van der Waals surface area contributed by atoms with Gasteiger partial charge in [-0.2, -0.15) is 0 Å². The first-order valence-electron chi connectivity index (χ1n) is 5.68. The number of nitrogens with zero attached hydrogens (tertiary/aromatic N) is 2. The van der Waals surface area contributed by atoms with Gasteiger partial charge in [-0.25, -0.2) is 0 Å². The van der Waals surface area contributed by atoms with E-state index in [4.69, 9.17) is 4.74 Å². The maximum absolute atomic E-state index is 12.4. The summed E-state index contributed by atoms with van der Waals surface area (Å²) < 4.78 is 48.2. The molecule has 3 rings (SSSR count). The zero-order valence-electron chi connectivity index (χ0n) is 10.5. The van der Waals surface area contributed by atoms with Crippen LogP contribution in [0.3, 0.4) is 0 Å². The predicted molar refractivity (Wildman–Crippen MR) is 70.0 cm³/mol. The van der Waals surface area contributed by atoms with Gasteiger partial charge in [0.05, 0.1) is 0 Å². The normalized spacial score (nSPS) is 16.2. The topological polar surface area (TPSA) is 35.0 Å². The summed E-state index contributed by atoms with van der Waals surface area (Å²) in [6, 6.07) is 4.47. The van der Waals surface area contributed by atoms with E-state index in [0.717, 1.165) is 10.1 Å². The fourth-order valence-corrected chi connectivity index (χ4v) is 4.11. The average Bonchev–Trinajstić information content (AvgIpc) is 2.75. The van der Waals surface area contributed by atoms with Gasteiger partial charge in [0.15, 0.2) is 0 Å². The van der Waals surface area contributed by atoms with Crippen LogP contribution in [-0.2, 0) is 5.60 Å². The van der Waals surface area contributed by atoms with Crippen molar-refractivity contribution in [2.45, 2.75) is 29.9 Å². The van der Waals surface area contributed by atoms with Gasteiger partial charge in [0.25, 0.3) is 0 Å². The molecule has 0 atom stereocenters. The molecule has 0 bridgehead atoms. The molecule has 1 aliphatic rings. The average molecular weight is 365 g/mol. The molecular formula is C12H9F3N2OSSe. The second kappa shape index (κ2) is 4.51. The Morgan fingerprint density at radius 2 is 2.05 bits per heavy atom. The van der Waals surface area contributed by atoms with Gasteiger partial charge in [0, 0.05) is 0 Å². The zero-order valence-corrected chi connectivity index (χ0v) is 13.0. The van der Waals surface area contributed by atoms with Gasteiger partial charge in [-0.15, -0.1) is 0 Å². The van der Waals surface area contributed by atoms with Crippen molar-refractivity contribution in [1.82, 2.24) is 9.19 Å². The summed E-state index contributed by atoms with van der Waals surface area (Å²) >= 11 is -0.249. The van der Waals surface area contributed by atoms with Crippen LogP contribution in [0, 0.1) is 0 Å². The molecule has 0 spiro atoms. The Hall–Kier alpha value is -0.981. The molecule has 1 aromatic heterocycles. The minimum atomic E-state index is -4.31. The Labute approximate surface area is 123 Å². The Balaban J connectivity index is 2.06. The monoisotopic (exact) mass is 366 g/mol. The van der Waals surface area contributed by atoms with E-state index in [1.54, 1.807) is 6.07 Å². The van der Waals surface area contributed by atoms with Crippen LogP contribution >= 0.6 is 11.8 Å². The van der Waals surface area contributed by atoms with Crippen molar-refractivity contribution in [3.63, 3.8) is 0 Å². The van der Waals surface area contributed by atoms with Crippen LogP contribution in [0.15, 0.2) is 23.1 Å². The van der Waals surface area contributed by atoms with E-state index in [1.165, 1.54) is 12.1 Å². The second-order valence-electron chi connectivity index (χ2n) is 4.77. The summed E-state index contributed by atoms with van der Waals surface area (Å²) in [5.41, 5.74) is -3.42. The van der Waals surface area contributed by atoms with E-state index < -0.39 is 11.1 Å². The first-order chi connectivity index (χ1) is 9.26. The van der Waals surface area contributed by atoms with Crippen LogP contribution in [0.4, 0.5) is 13.2 Å². The summed E-state index contributed by atoms with van der Waals surface area (Å²) in [6.07, 6.45) is 0. The number of ether oxygens (including phenoxy) is 1. The van der Waals surface area contributed by atoms with Crippen molar-refractivity contribution in [2.75, 3.05) is 0 Å². The van der Waals surface area contributed by atoms with Crippen molar-refractivity contribution in [3.05, 3.63) is 22.6 Å². The van der Waals surface area contributed by atoms with E-state index in [1.807, 2.05) is 13.8 Å². The number of hydrogen-bond acceptors (Lipinski definition) is 4. The molecule has 0 unspecified atom stereocenters. The van der Waals surface area contributed by atoms with E-state index >= 15 is 0 Å². The third kappa shape index (κ3) is 2.47. The van der Waals surface area contributed by atoms with Crippen molar-refractivity contribution < 1.29 is 17.9 Å². The summed E-state index contributed by atoms with van der Waals surface area (Å²) in [7, 11) is 0. The number of fused-ring (bicyclic) bond motifs is 3. The van der Waals surface area contributed by atoms with E-state index in [9.17, 15) is 13.2 Å². The molecule has 8 heteroatoms. The van der Waals surface area contributed by atoms with Gasteiger partial charge >= 0.3 is 123 Å². The predicted octanol–water partition coefficient (Wildman–Crippen LogP) is 3.44. The van der Waals surface area contributed by atoms with Crippen molar-refractivity contribution in [1.29, 1.82) is 0 Å². The molecule has 0 aliphatic carbocycles. The summed E-state index contributed by atoms with van der Waals surface area (Å²) in [5.74, 6) is 0.430. The Bertz CT molecular complexity index is 669. The number of aromatic nitrogens is 2. The number of thioether (sulfide) groups is 1. The molecule has 0 fully saturated rings. The SMILES string of the molecule is CC1(C)Oc2cc(SC(F)(F)F)ccc2-c2nn[se]c21. The van der Waals surface area contributed by atoms with E-state index in [-0.39, 0.29) is 31.4 Å². The zero-order chi connectivity index (χ0) is 14.5. The summed E-state index contributed by atoms with van der Waals surface area (Å²) in [5, 5.41) is 4.12. The van der Waals surface area contributed by atoms with Crippen molar-refractivity contribution in [3.8, 4) is 17.0 Å². The molecule has 0 saturated carbocycles. The molecule has 0 radical (unpaired) electrons. The Morgan fingerprint density at radius 1 is 1.30 bits per heavy atom. The van der Waals surface area contributed by atoms with Crippen LogP contribution in [0.2, 0.25) is 0 Å². The number of rotatable bonds is 1. The summed E-state index contributed by atoms with van der Waals surface area (Å²) in [6.45, 7) is 3.76. The van der Waals surface area contributed by atoms with Crippen LogP contribution in [0.5, 0.6) is 5.75 Å². The molecule has 20 heavy (non-hydrogen) atoms. The van der Waals surface area contributed by atoms with Gasteiger partial charge in [-0.3, -0.25) is 0 Å². The van der Waals surface area contributed by atoms with Crippen molar-refractivity contribution in [2.24, 2.45) is 0 Å². The second-order valence-corrected chi connectivity index (χ2v) is 7.49. The Kier molecular flexibility index (Phi) is 3.15. The molecule has 3 nitrogen and oxygen atoms in total. The molecule has 106 valence electrons. The molecule has 2 heterocycles. The van der Waals surface area contributed by atoms with Gasteiger partial charge in [0.1, 0.15) is 0 Å². The molecule has 0 N–H and O–H groups in total. The third-order valence-electron chi connectivity index (χ3n) is 2.84. The molecule has 1 aliphatic heterocycles. The maximum atomic E-state index is 12.4. The fourth-order valence-electron chi connectivity index (χ4n) is 2.06.